The third-order valence-corrected chi connectivity index (χ3v) is 6.06. The lowest BCUT2D eigenvalue weighted by Gasteiger charge is -2.16. The second-order valence-electron chi connectivity index (χ2n) is 7.08. The number of thioether (sulfide) groups is 1. The van der Waals surface area contributed by atoms with Crippen LogP contribution in [0.15, 0.2) is 53.7 Å². The van der Waals surface area contributed by atoms with Gasteiger partial charge in [-0.15, -0.1) is 10.2 Å². The number of aryl methyl sites for hydroxylation is 2. The highest BCUT2D eigenvalue weighted by molar-refractivity contribution is 7.99. The van der Waals surface area contributed by atoms with Crippen LogP contribution >= 0.6 is 11.8 Å². The van der Waals surface area contributed by atoms with Gasteiger partial charge in [0.25, 0.3) is 0 Å². The molecular formula is C23H27N3O2S. The standard InChI is InChI=1S/C23H27N3O2S/c1-2-26-22(17-28-21-13-12-18-8-6-7-9-19(18)16-21)24-25-23(26)29-15-14-27-20-10-4-3-5-11-20/h3-5,10-13,16H,2,6-9,14-15,17H2,1H3. The number of fused-ring (bicyclic) bond motifs is 1. The van der Waals surface area contributed by atoms with Gasteiger partial charge in [-0.1, -0.05) is 36.0 Å². The van der Waals surface area contributed by atoms with E-state index in [4.69, 9.17) is 9.47 Å². The van der Waals surface area contributed by atoms with Gasteiger partial charge in [0.2, 0.25) is 0 Å². The highest BCUT2D eigenvalue weighted by atomic mass is 32.2. The van der Waals surface area contributed by atoms with E-state index in [1.807, 2.05) is 30.3 Å². The van der Waals surface area contributed by atoms with Crippen LogP contribution in [0.25, 0.3) is 0 Å². The number of benzene rings is 2. The van der Waals surface area contributed by atoms with Crippen molar-refractivity contribution in [1.82, 2.24) is 14.8 Å². The predicted octanol–water partition coefficient (Wildman–Crippen LogP) is 4.93. The first-order chi connectivity index (χ1) is 14.3. The second-order valence-corrected chi connectivity index (χ2v) is 8.14. The maximum Gasteiger partial charge on any atom is 0.191 e. The summed E-state index contributed by atoms with van der Waals surface area (Å²) in [4.78, 5) is 0. The number of hydrogen-bond acceptors (Lipinski definition) is 5. The molecule has 1 aliphatic carbocycles. The van der Waals surface area contributed by atoms with Crippen LogP contribution in [0.1, 0.15) is 36.7 Å². The largest absolute Gasteiger partial charge is 0.493 e. The number of hydrogen-bond donors (Lipinski definition) is 0. The molecular weight excluding hydrogens is 382 g/mol. The zero-order valence-electron chi connectivity index (χ0n) is 16.8. The Balaban J connectivity index is 1.31. The molecule has 0 amide bonds. The molecule has 0 spiro atoms. The van der Waals surface area contributed by atoms with E-state index in [2.05, 4.69) is 39.9 Å². The topological polar surface area (TPSA) is 49.2 Å². The van der Waals surface area contributed by atoms with Gasteiger partial charge in [-0.05, 0) is 68.0 Å². The smallest absolute Gasteiger partial charge is 0.191 e. The number of nitrogens with zero attached hydrogens (tertiary/aromatic N) is 3. The summed E-state index contributed by atoms with van der Waals surface area (Å²) in [5.41, 5.74) is 2.90. The quantitative estimate of drug-likeness (QED) is 0.371. The maximum absolute atomic E-state index is 6.04. The molecule has 1 aliphatic rings. The molecule has 6 heteroatoms. The Morgan fingerprint density at radius 2 is 1.76 bits per heavy atom. The van der Waals surface area contributed by atoms with Gasteiger partial charge in [0.15, 0.2) is 11.0 Å². The Hall–Kier alpha value is -2.47. The fraction of sp³-hybridized carbons (Fsp3) is 0.391. The van der Waals surface area contributed by atoms with E-state index in [0.717, 1.165) is 41.2 Å². The molecule has 0 bridgehead atoms. The van der Waals surface area contributed by atoms with Crippen molar-refractivity contribution in [3.05, 3.63) is 65.5 Å². The highest BCUT2D eigenvalue weighted by Crippen LogP contribution is 2.26. The summed E-state index contributed by atoms with van der Waals surface area (Å²) >= 11 is 1.66. The number of rotatable bonds is 9. The summed E-state index contributed by atoms with van der Waals surface area (Å²) in [6.07, 6.45) is 4.91. The second kappa shape index (κ2) is 9.83. The summed E-state index contributed by atoms with van der Waals surface area (Å²) in [5.74, 6) is 3.49. The molecule has 29 heavy (non-hydrogen) atoms. The Morgan fingerprint density at radius 1 is 0.931 bits per heavy atom. The summed E-state index contributed by atoms with van der Waals surface area (Å²) in [5, 5.41) is 9.62. The summed E-state index contributed by atoms with van der Waals surface area (Å²) < 4.78 is 13.9. The van der Waals surface area contributed by atoms with Gasteiger partial charge < -0.3 is 14.0 Å². The molecule has 0 unspecified atom stereocenters. The fourth-order valence-electron chi connectivity index (χ4n) is 3.61. The van der Waals surface area contributed by atoms with Gasteiger partial charge >= 0.3 is 0 Å². The Morgan fingerprint density at radius 3 is 2.59 bits per heavy atom. The van der Waals surface area contributed by atoms with Gasteiger partial charge in [-0.3, -0.25) is 0 Å². The number of ether oxygens (including phenoxy) is 2. The average molecular weight is 410 g/mol. The normalized spacial score (nSPS) is 13.1. The molecule has 0 atom stereocenters. The van der Waals surface area contributed by atoms with E-state index in [9.17, 15) is 0 Å². The third-order valence-electron chi connectivity index (χ3n) is 5.12. The SMILES string of the molecule is CCn1c(COc2ccc3c(c2)CCCC3)nnc1SCCOc1ccccc1. The minimum Gasteiger partial charge on any atom is -0.493 e. The number of aromatic nitrogens is 3. The molecule has 0 aliphatic heterocycles. The zero-order valence-corrected chi connectivity index (χ0v) is 17.7. The van der Waals surface area contributed by atoms with Crippen molar-refractivity contribution < 1.29 is 9.47 Å². The molecule has 1 heterocycles. The fourth-order valence-corrected chi connectivity index (χ4v) is 4.44. The first kappa shape index (κ1) is 19.8. The van der Waals surface area contributed by atoms with Crippen LogP contribution in [-0.4, -0.2) is 27.1 Å². The molecule has 0 N–H and O–H groups in total. The molecule has 0 radical (unpaired) electrons. The van der Waals surface area contributed by atoms with Crippen molar-refractivity contribution in [1.29, 1.82) is 0 Å². The lowest BCUT2D eigenvalue weighted by atomic mass is 9.92. The Kier molecular flexibility index (Phi) is 6.72. The van der Waals surface area contributed by atoms with Crippen LogP contribution < -0.4 is 9.47 Å². The average Bonchev–Trinajstić information content (AvgIpc) is 3.17. The monoisotopic (exact) mass is 409 g/mol. The minimum absolute atomic E-state index is 0.431. The predicted molar refractivity (Wildman–Crippen MR) is 116 cm³/mol. The Labute approximate surface area is 176 Å². The van der Waals surface area contributed by atoms with Crippen LogP contribution in [0.3, 0.4) is 0 Å². The molecule has 0 saturated heterocycles. The van der Waals surface area contributed by atoms with Crippen LogP contribution in [0.2, 0.25) is 0 Å². The van der Waals surface area contributed by atoms with Gasteiger partial charge in [0.1, 0.15) is 18.1 Å². The molecule has 0 saturated carbocycles. The van der Waals surface area contributed by atoms with Crippen molar-refractivity contribution in [2.24, 2.45) is 0 Å². The van der Waals surface area contributed by atoms with Crippen LogP contribution in [-0.2, 0) is 26.0 Å². The minimum atomic E-state index is 0.431. The lowest BCUT2D eigenvalue weighted by Crippen LogP contribution is -2.08. The highest BCUT2D eigenvalue weighted by Gasteiger charge is 2.13. The van der Waals surface area contributed by atoms with Gasteiger partial charge in [-0.25, -0.2) is 0 Å². The summed E-state index contributed by atoms with van der Waals surface area (Å²) in [6, 6.07) is 16.4. The van der Waals surface area contributed by atoms with Crippen LogP contribution in [0.4, 0.5) is 0 Å². The van der Waals surface area contributed by atoms with Crippen LogP contribution in [0, 0.1) is 0 Å². The molecule has 3 aromatic rings. The molecule has 4 rings (SSSR count). The van der Waals surface area contributed by atoms with E-state index in [-0.39, 0.29) is 0 Å². The summed E-state index contributed by atoms with van der Waals surface area (Å²) in [6.45, 7) is 3.99. The van der Waals surface area contributed by atoms with Gasteiger partial charge in [0.05, 0.1) is 6.61 Å². The van der Waals surface area contributed by atoms with E-state index >= 15 is 0 Å². The summed E-state index contributed by atoms with van der Waals surface area (Å²) in [7, 11) is 0. The van der Waals surface area contributed by atoms with E-state index < -0.39 is 0 Å². The molecule has 0 fully saturated rings. The van der Waals surface area contributed by atoms with Crippen molar-refractivity contribution in [2.45, 2.75) is 50.9 Å². The van der Waals surface area contributed by atoms with Crippen molar-refractivity contribution in [3.63, 3.8) is 0 Å². The van der Waals surface area contributed by atoms with Gasteiger partial charge in [0, 0.05) is 12.3 Å². The third kappa shape index (κ3) is 5.12. The molecule has 5 nitrogen and oxygen atoms in total. The Bertz CT molecular complexity index is 927. The number of para-hydroxylation sites is 1. The van der Waals surface area contributed by atoms with Gasteiger partial charge in [-0.2, -0.15) is 0 Å². The van der Waals surface area contributed by atoms with Crippen molar-refractivity contribution >= 4 is 11.8 Å². The first-order valence-corrected chi connectivity index (χ1v) is 11.3. The van der Waals surface area contributed by atoms with E-state index in [1.54, 1.807) is 11.8 Å². The van der Waals surface area contributed by atoms with Crippen LogP contribution in [0.5, 0.6) is 11.5 Å². The molecule has 1 aromatic heterocycles. The first-order valence-electron chi connectivity index (χ1n) is 10.3. The molecule has 152 valence electrons. The van der Waals surface area contributed by atoms with E-state index in [1.165, 1.54) is 30.4 Å². The zero-order chi connectivity index (χ0) is 19.9. The van der Waals surface area contributed by atoms with Crippen molar-refractivity contribution in [2.75, 3.05) is 12.4 Å². The maximum atomic E-state index is 6.04. The van der Waals surface area contributed by atoms with E-state index in [0.29, 0.717) is 13.2 Å². The van der Waals surface area contributed by atoms with Crippen molar-refractivity contribution in [3.8, 4) is 11.5 Å². The molecule has 2 aromatic carbocycles. The lowest BCUT2D eigenvalue weighted by molar-refractivity contribution is 0.287.